The molecule has 160 valence electrons. The van der Waals surface area contributed by atoms with Crippen molar-refractivity contribution in [2.24, 2.45) is 0 Å². The number of para-hydroxylation sites is 2. The van der Waals surface area contributed by atoms with Crippen molar-refractivity contribution in [3.8, 4) is 5.75 Å². The number of benzene rings is 3. The molecule has 0 saturated heterocycles. The fourth-order valence-corrected chi connectivity index (χ4v) is 3.72. The van der Waals surface area contributed by atoms with E-state index in [0.717, 1.165) is 12.1 Å². The number of nitrogens with zero attached hydrogens (tertiary/aromatic N) is 1. The third-order valence-electron chi connectivity index (χ3n) is 4.18. The fourth-order valence-electron chi connectivity index (χ4n) is 2.65. The number of nitro groups is 1. The SMILES string of the molecule is COc1ccccc1NS(=O)(=O)c1ccc(C(=O)Nc2ccc(F)c([N+](=O)[O-])c2)cc1. The fraction of sp³-hybridized carbons (Fsp3) is 0.0500. The molecule has 2 N–H and O–H groups in total. The number of amides is 1. The summed E-state index contributed by atoms with van der Waals surface area (Å²) in [4.78, 5) is 22.2. The Morgan fingerprint density at radius 3 is 2.39 bits per heavy atom. The average molecular weight is 445 g/mol. The second-order valence-corrected chi connectivity index (χ2v) is 7.89. The number of anilines is 2. The second kappa shape index (κ2) is 8.79. The first kappa shape index (κ1) is 21.7. The van der Waals surface area contributed by atoms with Crippen molar-refractivity contribution >= 4 is 33.0 Å². The van der Waals surface area contributed by atoms with E-state index >= 15 is 0 Å². The van der Waals surface area contributed by atoms with Crippen LogP contribution < -0.4 is 14.8 Å². The number of sulfonamides is 1. The summed E-state index contributed by atoms with van der Waals surface area (Å²) in [5.74, 6) is -1.34. The van der Waals surface area contributed by atoms with Gasteiger partial charge in [0, 0.05) is 17.3 Å². The number of ether oxygens (including phenoxy) is 1. The van der Waals surface area contributed by atoms with Gasteiger partial charge in [0.1, 0.15) is 5.75 Å². The lowest BCUT2D eigenvalue weighted by Gasteiger charge is -2.12. The lowest BCUT2D eigenvalue weighted by molar-refractivity contribution is -0.387. The minimum absolute atomic E-state index is 0.0210. The Balaban J connectivity index is 1.77. The highest BCUT2D eigenvalue weighted by Gasteiger charge is 2.18. The number of rotatable bonds is 7. The van der Waals surface area contributed by atoms with E-state index in [1.54, 1.807) is 24.3 Å². The third kappa shape index (κ3) is 4.95. The maximum absolute atomic E-state index is 13.4. The first-order chi connectivity index (χ1) is 14.7. The number of nitro benzene ring substituents is 1. The van der Waals surface area contributed by atoms with E-state index in [1.807, 2.05) is 0 Å². The highest BCUT2D eigenvalue weighted by atomic mass is 32.2. The lowest BCUT2D eigenvalue weighted by atomic mass is 10.2. The molecule has 0 atom stereocenters. The lowest BCUT2D eigenvalue weighted by Crippen LogP contribution is -2.15. The predicted octanol–water partition coefficient (Wildman–Crippen LogP) is 3.80. The summed E-state index contributed by atoms with van der Waals surface area (Å²) in [6.07, 6.45) is 0. The van der Waals surface area contributed by atoms with E-state index in [1.165, 1.54) is 37.4 Å². The molecule has 0 fully saturated rings. The third-order valence-corrected chi connectivity index (χ3v) is 5.56. The van der Waals surface area contributed by atoms with E-state index in [9.17, 15) is 27.7 Å². The van der Waals surface area contributed by atoms with Gasteiger partial charge < -0.3 is 10.1 Å². The number of halogens is 1. The zero-order valence-corrected chi connectivity index (χ0v) is 16.9. The number of carbonyl (C=O) groups is 1. The first-order valence-corrected chi connectivity index (χ1v) is 10.2. The van der Waals surface area contributed by atoms with Crippen molar-refractivity contribution in [2.45, 2.75) is 4.90 Å². The van der Waals surface area contributed by atoms with Gasteiger partial charge in [-0.3, -0.25) is 19.6 Å². The topological polar surface area (TPSA) is 128 Å². The number of nitrogens with one attached hydrogen (secondary N) is 2. The first-order valence-electron chi connectivity index (χ1n) is 8.72. The predicted molar refractivity (Wildman–Crippen MR) is 111 cm³/mol. The zero-order valence-electron chi connectivity index (χ0n) is 16.0. The maximum atomic E-state index is 13.4. The zero-order chi connectivity index (χ0) is 22.6. The summed E-state index contributed by atoms with van der Waals surface area (Å²) < 4.78 is 46.2. The van der Waals surface area contributed by atoms with E-state index in [-0.39, 0.29) is 21.8 Å². The summed E-state index contributed by atoms with van der Waals surface area (Å²) in [7, 11) is -2.53. The molecule has 3 aromatic carbocycles. The molecular formula is C20H16FN3O6S. The molecule has 9 nitrogen and oxygen atoms in total. The molecule has 1 amide bonds. The Morgan fingerprint density at radius 2 is 1.74 bits per heavy atom. The van der Waals surface area contributed by atoms with Crippen LogP contribution in [-0.2, 0) is 10.0 Å². The summed E-state index contributed by atoms with van der Waals surface area (Å²) in [6, 6.07) is 14.5. The van der Waals surface area contributed by atoms with Gasteiger partial charge in [0.15, 0.2) is 0 Å². The van der Waals surface area contributed by atoms with E-state index in [2.05, 4.69) is 10.0 Å². The molecular weight excluding hydrogens is 429 g/mol. The van der Waals surface area contributed by atoms with Crippen molar-refractivity contribution in [1.82, 2.24) is 0 Å². The highest BCUT2D eigenvalue weighted by Crippen LogP contribution is 2.26. The molecule has 0 aliphatic heterocycles. The van der Waals surface area contributed by atoms with Crippen LogP contribution in [0.25, 0.3) is 0 Å². The van der Waals surface area contributed by atoms with Crippen LogP contribution in [0.1, 0.15) is 10.4 Å². The van der Waals surface area contributed by atoms with Crippen molar-refractivity contribution < 1.29 is 27.3 Å². The van der Waals surface area contributed by atoms with Gasteiger partial charge in [0.2, 0.25) is 5.82 Å². The molecule has 0 aromatic heterocycles. The largest absolute Gasteiger partial charge is 0.495 e. The summed E-state index contributed by atoms with van der Waals surface area (Å²) >= 11 is 0. The molecule has 0 heterocycles. The van der Waals surface area contributed by atoms with E-state index in [0.29, 0.717) is 5.75 Å². The molecule has 0 saturated carbocycles. The Hall–Kier alpha value is -3.99. The van der Waals surface area contributed by atoms with Gasteiger partial charge >= 0.3 is 5.69 Å². The van der Waals surface area contributed by atoms with Gasteiger partial charge in [0.05, 0.1) is 22.6 Å². The highest BCUT2D eigenvalue weighted by molar-refractivity contribution is 7.92. The quantitative estimate of drug-likeness (QED) is 0.421. The van der Waals surface area contributed by atoms with Gasteiger partial charge in [-0.15, -0.1) is 0 Å². The molecule has 0 unspecified atom stereocenters. The van der Waals surface area contributed by atoms with Crippen LogP contribution in [-0.4, -0.2) is 26.4 Å². The van der Waals surface area contributed by atoms with Crippen LogP contribution in [0.5, 0.6) is 5.75 Å². The molecule has 0 aliphatic rings. The number of methoxy groups -OCH3 is 1. The molecule has 0 bridgehead atoms. The molecule has 31 heavy (non-hydrogen) atoms. The van der Waals surface area contributed by atoms with Crippen LogP contribution in [0.4, 0.5) is 21.5 Å². The number of hydrogen-bond donors (Lipinski definition) is 2. The van der Waals surface area contributed by atoms with Crippen molar-refractivity contribution in [2.75, 3.05) is 17.1 Å². The second-order valence-electron chi connectivity index (χ2n) is 6.21. The minimum atomic E-state index is -3.95. The normalized spacial score (nSPS) is 10.9. The molecule has 3 rings (SSSR count). The summed E-state index contributed by atoms with van der Waals surface area (Å²) in [5.41, 5.74) is -0.401. The molecule has 0 aliphatic carbocycles. The van der Waals surface area contributed by atoms with Crippen LogP contribution >= 0.6 is 0 Å². The summed E-state index contributed by atoms with van der Waals surface area (Å²) in [6.45, 7) is 0. The molecule has 0 spiro atoms. The van der Waals surface area contributed by atoms with Crippen LogP contribution in [0, 0.1) is 15.9 Å². The van der Waals surface area contributed by atoms with Gasteiger partial charge in [-0.2, -0.15) is 4.39 Å². The Kier molecular flexibility index (Phi) is 6.16. The Labute approximate surface area is 176 Å². The van der Waals surface area contributed by atoms with E-state index < -0.39 is 32.4 Å². The van der Waals surface area contributed by atoms with Gasteiger partial charge in [-0.1, -0.05) is 12.1 Å². The van der Waals surface area contributed by atoms with Crippen LogP contribution in [0.15, 0.2) is 71.6 Å². The minimum Gasteiger partial charge on any atom is -0.495 e. The van der Waals surface area contributed by atoms with Gasteiger partial charge in [0.25, 0.3) is 15.9 Å². The standard InChI is InChI=1S/C20H16FN3O6S/c1-30-19-5-3-2-4-17(19)23-31(28,29)15-9-6-13(7-10-15)20(25)22-14-8-11-16(21)18(12-14)24(26)27/h2-12,23H,1H3,(H,22,25). The molecule has 11 heteroatoms. The Morgan fingerprint density at radius 1 is 1.06 bits per heavy atom. The number of carbonyl (C=O) groups excluding carboxylic acids is 1. The van der Waals surface area contributed by atoms with Crippen LogP contribution in [0.2, 0.25) is 0 Å². The van der Waals surface area contributed by atoms with Crippen molar-refractivity contribution in [3.63, 3.8) is 0 Å². The molecule has 3 aromatic rings. The summed E-state index contributed by atoms with van der Waals surface area (Å²) in [5, 5.41) is 13.2. The maximum Gasteiger partial charge on any atom is 0.306 e. The number of hydrogen-bond acceptors (Lipinski definition) is 6. The van der Waals surface area contributed by atoms with Crippen molar-refractivity contribution in [3.05, 3.63) is 88.2 Å². The average Bonchev–Trinajstić information content (AvgIpc) is 2.75. The Bertz CT molecular complexity index is 1250. The van der Waals surface area contributed by atoms with Crippen molar-refractivity contribution in [1.29, 1.82) is 0 Å². The molecule has 0 radical (unpaired) electrons. The monoisotopic (exact) mass is 445 g/mol. The van der Waals surface area contributed by atoms with E-state index in [4.69, 9.17) is 4.74 Å². The van der Waals surface area contributed by atoms with Gasteiger partial charge in [-0.25, -0.2) is 8.42 Å². The van der Waals surface area contributed by atoms with Crippen LogP contribution in [0.3, 0.4) is 0 Å². The van der Waals surface area contributed by atoms with Gasteiger partial charge in [-0.05, 0) is 48.5 Å². The smallest absolute Gasteiger partial charge is 0.306 e.